The van der Waals surface area contributed by atoms with Crippen LogP contribution in [0, 0.1) is 12.3 Å². The quantitative estimate of drug-likeness (QED) is 0.497. The Hall–Kier alpha value is -1.08. The molecule has 68 valence electrons. The third kappa shape index (κ3) is 3.43. The summed E-state index contributed by atoms with van der Waals surface area (Å²) in [7, 11) is 0. The highest BCUT2D eigenvalue weighted by Gasteiger charge is 2.28. The first kappa shape index (κ1) is 10.0. The molecule has 0 fully saturated rings. The molecule has 0 nitrogen and oxygen atoms in total. The van der Waals surface area contributed by atoms with Crippen molar-refractivity contribution < 1.29 is 13.2 Å². The van der Waals surface area contributed by atoms with Crippen LogP contribution in [0.5, 0.6) is 0 Å². The van der Waals surface area contributed by atoms with Gasteiger partial charge in [0.15, 0.2) is 0 Å². The van der Waals surface area contributed by atoms with Gasteiger partial charge in [-0.05, 0) is 36.0 Å². The SMILES string of the molecule is C#Cc1ccc(SC(F)(F)F)cc1. The normalized spacial score (nSPS) is 10.9. The molecule has 4 heteroatoms. The summed E-state index contributed by atoms with van der Waals surface area (Å²) in [5.41, 5.74) is -3.66. The Morgan fingerprint density at radius 2 is 1.69 bits per heavy atom. The lowest BCUT2D eigenvalue weighted by Gasteiger charge is -2.04. The Bertz CT molecular complexity index is 318. The standard InChI is InChI=1S/C9H5F3S/c1-2-7-3-5-8(6-4-7)13-9(10,11)12/h1,3-6H. The Morgan fingerprint density at radius 1 is 1.15 bits per heavy atom. The van der Waals surface area contributed by atoms with Gasteiger partial charge in [-0.1, -0.05) is 5.92 Å². The van der Waals surface area contributed by atoms with Crippen molar-refractivity contribution in [2.45, 2.75) is 10.4 Å². The number of thioether (sulfide) groups is 1. The highest BCUT2D eigenvalue weighted by atomic mass is 32.2. The highest BCUT2D eigenvalue weighted by molar-refractivity contribution is 8.00. The van der Waals surface area contributed by atoms with E-state index in [1.165, 1.54) is 24.3 Å². The van der Waals surface area contributed by atoms with Crippen LogP contribution >= 0.6 is 11.8 Å². The number of benzene rings is 1. The number of terminal acetylenes is 1. The minimum atomic E-state index is -4.24. The zero-order valence-electron chi connectivity index (χ0n) is 6.43. The lowest BCUT2D eigenvalue weighted by Crippen LogP contribution is -1.98. The molecule has 0 amide bonds. The second-order valence-electron chi connectivity index (χ2n) is 2.22. The molecule has 0 aliphatic rings. The van der Waals surface area contributed by atoms with Crippen LogP contribution in [0.25, 0.3) is 0 Å². The minimum absolute atomic E-state index is 0.145. The van der Waals surface area contributed by atoms with Gasteiger partial charge in [-0.15, -0.1) is 6.42 Å². The number of hydrogen-bond acceptors (Lipinski definition) is 1. The molecule has 0 radical (unpaired) electrons. The lowest BCUT2D eigenvalue weighted by molar-refractivity contribution is -0.0328. The average molecular weight is 202 g/mol. The Balaban J connectivity index is 2.77. The van der Waals surface area contributed by atoms with E-state index >= 15 is 0 Å². The van der Waals surface area contributed by atoms with Gasteiger partial charge in [0.2, 0.25) is 0 Å². The Labute approximate surface area is 78.1 Å². The molecule has 0 spiro atoms. The highest BCUT2D eigenvalue weighted by Crippen LogP contribution is 2.36. The zero-order valence-corrected chi connectivity index (χ0v) is 7.25. The fourth-order valence-corrected chi connectivity index (χ4v) is 1.29. The van der Waals surface area contributed by atoms with Crippen LogP contribution in [0.3, 0.4) is 0 Å². The maximum atomic E-state index is 11.8. The van der Waals surface area contributed by atoms with Gasteiger partial charge in [-0.3, -0.25) is 0 Å². The summed E-state index contributed by atoms with van der Waals surface area (Å²) in [4.78, 5) is 0.145. The van der Waals surface area contributed by atoms with E-state index in [9.17, 15) is 13.2 Å². The molecule has 1 aromatic rings. The van der Waals surface area contributed by atoms with Crippen molar-refractivity contribution in [3.8, 4) is 12.3 Å². The molecule has 0 atom stereocenters. The smallest absolute Gasteiger partial charge is 0.160 e. The molecular formula is C9H5F3S. The van der Waals surface area contributed by atoms with E-state index < -0.39 is 5.51 Å². The Kier molecular flexibility index (Phi) is 2.89. The first-order chi connectivity index (χ1) is 6.01. The number of hydrogen-bond donors (Lipinski definition) is 0. The predicted molar refractivity (Wildman–Crippen MR) is 46.3 cm³/mol. The Morgan fingerprint density at radius 3 is 2.08 bits per heavy atom. The maximum absolute atomic E-state index is 11.8. The van der Waals surface area contributed by atoms with Crippen molar-refractivity contribution >= 4 is 11.8 Å². The maximum Gasteiger partial charge on any atom is 0.446 e. The van der Waals surface area contributed by atoms with Crippen molar-refractivity contribution in [1.29, 1.82) is 0 Å². The predicted octanol–water partition coefficient (Wildman–Crippen LogP) is 3.28. The van der Waals surface area contributed by atoms with Gasteiger partial charge in [0.25, 0.3) is 0 Å². The fraction of sp³-hybridized carbons (Fsp3) is 0.111. The molecule has 1 rings (SSSR count). The van der Waals surface area contributed by atoms with Crippen LogP contribution in [0.15, 0.2) is 29.2 Å². The molecule has 0 aliphatic carbocycles. The second-order valence-corrected chi connectivity index (χ2v) is 3.35. The van der Waals surface area contributed by atoms with Gasteiger partial charge in [-0.25, -0.2) is 0 Å². The van der Waals surface area contributed by atoms with E-state index in [2.05, 4.69) is 5.92 Å². The van der Waals surface area contributed by atoms with Crippen LogP contribution in [0.1, 0.15) is 5.56 Å². The van der Waals surface area contributed by atoms with Gasteiger partial charge >= 0.3 is 5.51 Å². The van der Waals surface area contributed by atoms with Crippen LogP contribution in [0.2, 0.25) is 0 Å². The largest absolute Gasteiger partial charge is 0.446 e. The topological polar surface area (TPSA) is 0 Å². The van der Waals surface area contributed by atoms with Crippen molar-refractivity contribution in [2.75, 3.05) is 0 Å². The summed E-state index contributed by atoms with van der Waals surface area (Å²) in [5.74, 6) is 2.33. The van der Waals surface area contributed by atoms with E-state index in [1.807, 2.05) is 0 Å². The molecule has 0 bridgehead atoms. The summed E-state index contributed by atoms with van der Waals surface area (Å²) in [6.07, 6.45) is 5.05. The first-order valence-corrected chi connectivity index (χ1v) is 4.15. The summed E-state index contributed by atoms with van der Waals surface area (Å²) in [5, 5.41) is 0. The third-order valence-corrected chi connectivity index (χ3v) is 1.99. The number of halogens is 3. The third-order valence-electron chi connectivity index (χ3n) is 1.25. The second kappa shape index (κ2) is 3.75. The molecule has 0 N–H and O–H groups in total. The summed E-state index contributed by atoms with van der Waals surface area (Å²) in [6, 6.07) is 5.67. The van der Waals surface area contributed by atoms with Gasteiger partial charge in [0, 0.05) is 10.5 Å². The van der Waals surface area contributed by atoms with Crippen molar-refractivity contribution in [3.63, 3.8) is 0 Å². The number of alkyl halides is 3. The fourth-order valence-electron chi connectivity index (χ4n) is 0.753. The van der Waals surface area contributed by atoms with Crippen molar-refractivity contribution in [2.24, 2.45) is 0 Å². The minimum Gasteiger partial charge on any atom is -0.160 e. The van der Waals surface area contributed by atoms with Gasteiger partial charge in [-0.2, -0.15) is 13.2 Å². The first-order valence-electron chi connectivity index (χ1n) is 3.34. The average Bonchev–Trinajstić information content (AvgIpc) is 2.03. The molecule has 13 heavy (non-hydrogen) atoms. The molecule has 0 aliphatic heterocycles. The van der Waals surface area contributed by atoms with Crippen LogP contribution < -0.4 is 0 Å². The van der Waals surface area contributed by atoms with Crippen molar-refractivity contribution in [1.82, 2.24) is 0 Å². The van der Waals surface area contributed by atoms with Gasteiger partial charge in [0.1, 0.15) is 0 Å². The number of rotatable bonds is 1. The zero-order chi connectivity index (χ0) is 9.90. The molecule has 0 unspecified atom stereocenters. The van der Waals surface area contributed by atoms with Gasteiger partial charge in [0.05, 0.1) is 0 Å². The van der Waals surface area contributed by atoms with E-state index in [0.717, 1.165) is 0 Å². The van der Waals surface area contributed by atoms with Crippen molar-refractivity contribution in [3.05, 3.63) is 29.8 Å². The van der Waals surface area contributed by atoms with E-state index in [-0.39, 0.29) is 16.7 Å². The summed E-state index contributed by atoms with van der Waals surface area (Å²) in [6.45, 7) is 0. The molecule has 0 saturated heterocycles. The van der Waals surface area contributed by atoms with Crippen LogP contribution in [0.4, 0.5) is 13.2 Å². The van der Waals surface area contributed by atoms with Gasteiger partial charge < -0.3 is 0 Å². The summed E-state index contributed by atoms with van der Waals surface area (Å²) >= 11 is -0.149. The van der Waals surface area contributed by atoms with Crippen LogP contribution in [-0.4, -0.2) is 5.51 Å². The molecular weight excluding hydrogens is 197 g/mol. The molecule has 1 aromatic carbocycles. The summed E-state index contributed by atoms with van der Waals surface area (Å²) < 4.78 is 35.5. The molecule has 0 aromatic heterocycles. The van der Waals surface area contributed by atoms with E-state index in [0.29, 0.717) is 5.56 Å². The van der Waals surface area contributed by atoms with Crippen LogP contribution in [-0.2, 0) is 0 Å². The van der Waals surface area contributed by atoms with E-state index in [4.69, 9.17) is 6.42 Å². The molecule has 0 saturated carbocycles. The molecule has 0 heterocycles. The van der Waals surface area contributed by atoms with E-state index in [1.54, 1.807) is 0 Å². The monoisotopic (exact) mass is 202 g/mol. The lowest BCUT2D eigenvalue weighted by atomic mass is 10.2.